The maximum absolute atomic E-state index is 10.9. The molecule has 30 heavy (non-hydrogen) atoms. The second-order valence-corrected chi connectivity index (χ2v) is 9.15. The number of aryl methyl sites for hydroxylation is 1. The van der Waals surface area contributed by atoms with Gasteiger partial charge < -0.3 is 24.4 Å². The Morgan fingerprint density at radius 3 is 2.77 bits per heavy atom. The van der Waals surface area contributed by atoms with Crippen LogP contribution in [0.1, 0.15) is 42.6 Å². The lowest BCUT2D eigenvalue weighted by Gasteiger charge is -2.46. The number of β-amino-alcohol motifs (C(OH)–C–C–N with tert-alkyl or cyclic N) is 1. The summed E-state index contributed by atoms with van der Waals surface area (Å²) in [4.78, 5) is 2.30. The van der Waals surface area contributed by atoms with Crippen LogP contribution in [-0.2, 0) is 7.05 Å². The first-order valence-corrected chi connectivity index (χ1v) is 10.9. The molecule has 1 saturated heterocycles. The molecule has 0 radical (unpaired) electrons. The lowest BCUT2D eigenvalue weighted by molar-refractivity contribution is -0.0587. The van der Waals surface area contributed by atoms with Crippen molar-refractivity contribution in [3.8, 4) is 5.75 Å². The van der Waals surface area contributed by atoms with E-state index in [0.717, 1.165) is 53.7 Å². The number of aliphatic hydroxyl groups is 2. The number of hydrogen-bond acceptors (Lipinski definition) is 4. The van der Waals surface area contributed by atoms with Gasteiger partial charge in [0.1, 0.15) is 11.4 Å². The van der Waals surface area contributed by atoms with Crippen LogP contribution in [-0.4, -0.2) is 44.9 Å². The van der Waals surface area contributed by atoms with Crippen LogP contribution < -0.4 is 4.74 Å². The zero-order valence-corrected chi connectivity index (χ0v) is 17.8. The van der Waals surface area contributed by atoms with Gasteiger partial charge in [0.25, 0.3) is 0 Å². The Morgan fingerprint density at radius 2 is 1.97 bits per heavy atom. The normalized spacial score (nSPS) is 22.1. The number of benzene rings is 2. The Labute approximate surface area is 181 Å². The van der Waals surface area contributed by atoms with Crippen LogP contribution in [0.2, 0.25) is 5.02 Å². The number of hydrogen-bond donors (Lipinski definition) is 2. The number of aliphatic hydroxyl groups excluding tert-OH is 2. The van der Waals surface area contributed by atoms with Gasteiger partial charge in [0.2, 0.25) is 0 Å². The highest BCUT2D eigenvalue weighted by Gasteiger charge is 2.43. The van der Waals surface area contributed by atoms with Gasteiger partial charge in [0, 0.05) is 66.4 Å². The molecule has 0 saturated carbocycles. The van der Waals surface area contributed by atoms with Crippen LogP contribution in [0.25, 0.3) is 10.9 Å². The lowest BCUT2D eigenvalue weighted by Crippen LogP contribution is -2.51. The Balaban J connectivity index is 1.27. The molecule has 2 unspecified atom stereocenters. The van der Waals surface area contributed by atoms with Gasteiger partial charge in [-0.15, -0.1) is 0 Å². The molecule has 1 spiro atoms. The van der Waals surface area contributed by atoms with E-state index < -0.39 is 12.2 Å². The molecule has 6 heteroatoms. The molecular weight excluding hydrogens is 400 g/mol. The molecule has 2 N–H and O–H groups in total. The number of fused-ring (bicyclic) bond motifs is 2. The summed E-state index contributed by atoms with van der Waals surface area (Å²) in [5, 5.41) is 23.3. The molecule has 5 rings (SSSR count). The summed E-state index contributed by atoms with van der Waals surface area (Å²) in [6.45, 7) is 2.26. The molecule has 2 atom stereocenters. The number of nitrogens with zero attached hydrogens (tertiary/aromatic N) is 2. The summed E-state index contributed by atoms with van der Waals surface area (Å²) in [7, 11) is 2.01. The number of aromatic nitrogens is 1. The van der Waals surface area contributed by atoms with Crippen molar-refractivity contribution in [1.29, 1.82) is 0 Å². The standard InChI is InChI=1S/C24H27ClN2O3/c1-26-14-19(17-4-2-3-5-20(17)26)22(29)15-27-10-8-24(9-11-27)13-21(28)18-12-16(25)6-7-23(18)30-24/h2-7,12,14,21-22,28-29H,8-11,13,15H2,1H3. The van der Waals surface area contributed by atoms with Crippen molar-refractivity contribution in [2.45, 2.75) is 37.1 Å². The summed E-state index contributed by atoms with van der Waals surface area (Å²) < 4.78 is 8.44. The molecule has 2 aliphatic rings. The highest BCUT2D eigenvalue weighted by molar-refractivity contribution is 6.30. The van der Waals surface area contributed by atoms with E-state index in [1.807, 2.05) is 37.5 Å². The van der Waals surface area contributed by atoms with Crippen LogP contribution in [0, 0.1) is 0 Å². The third-order valence-corrected chi connectivity index (χ3v) is 6.94. The van der Waals surface area contributed by atoms with Crippen LogP contribution in [0.5, 0.6) is 5.75 Å². The predicted octanol–water partition coefficient (Wildman–Crippen LogP) is 4.22. The molecular formula is C24H27ClN2O3. The van der Waals surface area contributed by atoms with E-state index >= 15 is 0 Å². The molecule has 1 aromatic heterocycles. The number of halogens is 1. The minimum Gasteiger partial charge on any atom is -0.487 e. The molecule has 158 valence electrons. The third-order valence-electron chi connectivity index (χ3n) is 6.71. The van der Waals surface area contributed by atoms with E-state index in [1.54, 1.807) is 6.07 Å². The first kappa shape index (κ1) is 19.9. The maximum Gasteiger partial charge on any atom is 0.126 e. The van der Waals surface area contributed by atoms with E-state index in [4.69, 9.17) is 16.3 Å². The molecule has 0 amide bonds. The zero-order valence-electron chi connectivity index (χ0n) is 17.1. The summed E-state index contributed by atoms with van der Waals surface area (Å²) in [5.41, 5.74) is 2.54. The summed E-state index contributed by atoms with van der Waals surface area (Å²) in [6, 6.07) is 13.6. The fourth-order valence-electron chi connectivity index (χ4n) is 5.04. The molecule has 3 heterocycles. The van der Waals surface area contributed by atoms with Gasteiger partial charge >= 0.3 is 0 Å². The van der Waals surface area contributed by atoms with E-state index in [9.17, 15) is 10.2 Å². The molecule has 0 bridgehead atoms. The number of likely N-dealkylation sites (tertiary alicyclic amines) is 1. The van der Waals surface area contributed by atoms with Crippen molar-refractivity contribution in [3.63, 3.8) is 0 Å². The monoisotopic (exact) mass is 426 g/mol. The Bertz CT molecular complexity index is 1070. The fraction of sp³-hybridized carbons (Fsp3) is 0.417. The molecule has 2 aromatic carbocycles. The van der Waals surface area contributed by atoms with E-state index in [-0.39, 0.29) is 5.60 Å². The zero-order chi connectivity index (χ0) is 20.9. The van der Waals surface area contributed by atoms with Gasteiger partial charge in [-0.1, -0.05) is 29.8 Å². The van der Waals surface area contributed by atoms with Crippen LogP contribution in [0.3, 0.4) is 0 Å². The van der Waals surface area contributed by atoms with E-state index in [0.29, 0.717) is 18.0 Å². The molecule has 0 aliphatic carbocycles. The Morgan fingerprint density at radius 1 is 1.20 bits per heavy atom. The van der Waals surface area contributed by atoms with Crippen molar-refractivity contribution in [1.82, 2.24) is 9.47 Å². The van der Waals surface area contributed by atoms with Crippen molar-refractivity contribution in [3.05, 3.63) is 64.8 Å². The number of rotatable bonds is 3. The molecule has 5 nitrogen and oxygen atoms in total. The minimum atomic E-state index is -0.555. The topological polar surface area (TPSA) is 57.9 Å². The first-order chi connectivity index (χ1) is 14.4. The predicted molar refractivity (Wildman–Crippen MR) is 118 cm³/mol. The van der Waals surface area contributed by atoms with Crippen molar-refractivity contribution in [2.75, 3.05) is 19.6 Å². The second kappa shape index (κ2) is 7.57. The van der Waals surface area contributed by atoms with E-state index in [1.165, 1.54) is 0 Å². The number of ether oxygens (including phenoxy) is 1. The third kappa shape index (κ3) is 3.50. The van der Waals surface area contributed by atoms with Crippen LogP contribution >= 0.6 is 11.6 Å². The highest BCUT2D eigenvalue weighted by atomic mass is 35.5. The smallest absolute Gasteiger partial charge is 0.126 e. The highest BCUT2D eigenvalue weighted by Crippen LogP contribution is 2.45. The van der Waals surface area contributed by atoms with Crippen molar-refractivity contribution >= 4 is 22.5 Å². The first-order valence-electron chi connectivity index (χ1n) is 10.5. The second-order valence-electron chi connectivity index (χ2n) is 8.72. The Kier molecular flexibility index (Phi) is 5.02. The van der Waals surface area contributed by atoms with Gasteiger partial charge in [-0.2, -0.15) is 0 Å². The molecule has 2 aliphatic heterocycles. The summed E-state index contributed by atoms with van der Waals surface area (Å²) in [6.07, 6.45) is 3.18. The van der Waals surface area contributed by atoms with Crippen molar-refractivity contribution in [2.24, 2.45) is 7.05 Å². The van der Waals surface area contributed by atoms with Gasteiger partial charge in [0.05, 0.1) is 12.2 Å². The summed E-state index contributed by atoms with van der Waals surface area (Å²) in [5.74, 6) is 0.738. The lowest BCUT2D eigenvalue weighted by atomic mass is 9.81. The molecule has 1 fully saturated rings. The summed E-state index contributed by atoms with van der Waals surface area (Å²) >= 11 is 6.08. The average molecular weight is 427 g/mol. The van der Waals surface area contributed by atoms with E-state index in [2.05, 4.69) is 21.6 Å². The minimum absolute atomic E-state index is 0.346. The number of piperidine rings is 1. The van der Waals surface area contributed by atoms with Gasteiger partial charge in [-0.25, -0.2) is 0 Å². The van der Waals surface area contributed by atoms with Gasteiger partial charge in [0.15, 0.2) is 0 Å². The van der Waals surface area contributed by atoms with Crippen LogP contribution in [0.4, 0.5) is 0 Å². The van der Waals surface area contributed by atoms with Crippen LogP contribution in [0.15, 0.2) is 48.7 Å². The van der Waals surface area contributed by atoms with Gasteiger partial charge in [-0.3, -0.25) is 0 Å². The quantitative estimate of drug-likeness (QED) is 0.658. The van der Waals surface area contributed by atoms with Crippen molar-refractivity contribution < 1.29 is 14.9 Å². The maximum atomic E-state index is 10.9. The molecule has 3 aromatic rings. The Hall–Kier alpha value is -2.05. The van der Waals surface area contributed by atoms with Gasteiger partial charge in [-0.05, 0) is 37.1 Å². The fourth-order valence-corrected chi connectivity index (χ4v) is 5.22. The number of para-hydroxylation sites is 1. The average Bonchev–Trinajstić information content (AvgIpc) is 3.08. The SMILES string of the molecule is Cn1cc(C(O)CN2CCC3(CC2)CC(O)c2cc(Cl)ccc2O3)c2ccccc21. The largest absolute Gasteiger partial charge is 0.487 e.